The van der Waals surface area contributed by atoms with Gasteiger partial charge < -0.3 is 37.4 Å². The molecule has 2 rings (SSSR count). The number of epoxide rings is 2. The Morgan fingerprint density at radius 2 is 0.766 bits per heavy atom. The summed E-state index contributed by atoms with van der Waals surface area (Å²) >= 11 is 0. The van der Waals surface area contributed by atoms with E-state index in [0.29, 0.717) is 46.5 Å². The van der Waals surface area contributed by atoms with Gasteiger partial charge in [0.2, 0.25) is 0 Å². The van der Waals surface area contributed by atoms with Crippen LogP contribution in [0.15, 0.2) is 23.3 Å². The molecule has 2 N–H and O–H groups in total. The van der Waals surface area contributed by atoms with Crippen LogP contribution >= 0.6 is 0 Å². The first-order valence-electron chi connectivity index (χ1n) is 25.4. The SMILES string of the molecule is CC/C=C(\C)[C@@H](O)[C@]1(C)O[C@H]1[C@@H](CO[Si](C(C)C)(C(C)C)C(C)C)O[Si](C)(C)C(C)(C)C.CC/C=C(\C)[C@H](O)[C@]1(C)O[C@H]1[C@@H](CO[Si](C(C)C)(C(C)C)C(C)C)O[Si](C)(C)C(C)(C)C. The van der Waals surface area contributed by atoms with E-state index in [-0.39, 0.29) is 34.5 Å². The van der Waals surface area contributed by atoms with Crippen LogP contribution in [0, 0.1) is 0 Å². The minimum Gasteiger partial charge on any atom is -0.413 e. The Labute approximate surface area is 401 Å². The molecular weight excluding hydrogens is 865 g/mol. The summed E-state index contributed by atoms with van der Waals surface area (Å²) in [6.45, 7) is 63.8. The van der Waals surface area contributed by atoms with Crippen LogP contribution in [0.4, 0.5) is 0 Å². The lowest BCUT2D eigenvalue weighted by Crippen LogP contribution is -2.53. The highest BCUT2D eigenvalue weighted by Gasteiger charge is 2.64. The first-order valence-corrected chi connectivity index (χ1v) is 35.5. The number of hydrogen-bond donors (Lipinski definition) is 2. The normalized spacial score (nSPS) is 25.1. The molecule has 8 atom stereocenters. The molecule has 2 fully saturated rings. The number of aliphatic hydroxyl groups excluding tert-OH is 2. The van der Waals surface area contributed by atoms with Crippen molar-refractivity contribution in [2.45, 2.75) is 296 Å². The molecule has 0 unspecified atom stereocenters. The highest BCUT2D eigenvalue weighted by atomic mass is 28.4. The molecule has 2 aliphatic heterocycles. The second-order valence-corrected chi connectivity index (χ2v) is 45.5. The van der Waals surface area contributed by atoms with Gasteiger partial charge in [0.05, 0.1) is 25.4 Å². The van der Waals surface area contributed by atoms with Gasteiger partial charge in [-0.2, -0.15) is 0 Å². The molecule has 8 nitrogen and oxygen atoms in total. The van der Waals surface area contributed by atoms with Gasteiger partial charge in [0.1, 0.15) is 35.6 Å². The molecule has 2 heterocycles. The van der Waals surface area contributed by atoms with E-state index in [1.807, 2.05) is 27.7 Å². The van der Waals surface area contributed by atoms with Crippen molar-refractivity contribution in [3.8, 4) is 0 Å². The lowest BCUT2D eigenvalue weighted by Gasteiger charge is -2.44. The fourth-order valence-electron chi connectivity index (χ4n) is 10.5. The van der Waals surface area contributed by atoms with Gasteiger partial charge in [-0.05, 0) is 121 Å². The van der Waals surface area contributed by atoms with Crippen molar-refractivity contribution in [1.29, 1.82) is 0 Å². The lowest BCUT2D eigenvalue weighted by molar-refractivity contribution is 0.0807. The Balaban J connectivity index is 0.000000640. The molecule has 0 aromatic rings. The standard InChI is InChI=1S/2C26H54O4Si2/c2*1-15-16-21(8)23(27)26(12)24(29-26)22(30-31(13,14)25(9,10)11)17-28-32(18(2)3,19(4)5)20(6)7/h2*16,18-20,22-24,27H,15,17H2,1-14H3/b2*21-16+/t22-,23+,24+,26+;22-,23-,24+,26+/m11/s1. The first kappa shape index (κ1) is 62.0. The van der Waals surface area contributed by atoms with E-state index in [4.69, 9.17) is 27.2 Å². The Morgan fingerprint density at radius 3 is 0.953 bits per heavy atom. The predicted octanol–water partition coefficient (Wildman–Crippen LogP) is 14.9. The van der Waals surface area contributed by atoms with E-state index < -0.39 is 56.7 Å². The Morgan fingerprint density at radius 1 is 0.531 bits per heavy atom. The molecule has 0 bridgehead atoms. The minimum atomic E-state index is -2.05. The van der Waals surface area contributed by atoms with E-state index in [2.05, 4.69) is 177 Å². The smallest absolute Gasteiger partial charge is 0.200 e. The average Bonchev–Trinajstić information content (AvgIpc) is 4.03. The molecule has 0 amide bonds. The van der Waals surface area contributed by atoms with Crippen LogP contribution in [0.1, 0.15) is 179 Å². The van der Waals surface area contributed by atoms with Gasteiger partial charge in [-0.15, -0.1) is 0 Å². The number of aliphatic hydroxyl groups is 2. The van der Waals surface area contributed by atoms with Crippen molar-refractivity contribution in [1.82, 2.24) is 0 Å². The fourth-order valence-corrected chi connectivity index (χ4v) is 24.0. The molecule has 0 spiro atoms. The molecule has 0 aromatic heterocycles. The monoisotopic (exact) mass is 973 g/mol. The third-order valence-corrected chi connectivity index (χ3v) is 37.5. The molecular formula is C52H108O8Si4. The van der Waals surface area contributed by atoms with Gasteiger partial charge in [-0.1, -0.05) is 151 Å². The Hall–Kier alpha value is 0.0275. The van der Waals surface area contributed by atoms with Crippen LogP contribution in [0.5, 0.6) is 0 Å². The summed E-state index contributed by atoms with van der Waals surface area (Å²) in [5, 5.41) is 22.3. The maximum atomic E-state index is 11.0. The molecule has 2 saturated heterocycles. The maximum absolute atomic E-state index is 11.0. The second kappa shape index (κ2) is 23.3. The van der Waals surface area contributed by atoms with Crippen molar-refractivity contribution in [2.24, 2.45) is 0 Å². The number of ether oxygens (including phenoxy) is 2. The summed E-state index contributed by atoms with van der Waals surface area (Å²) in [5.41, 5.74) is 3.80. The predicted molar refractivity (Wildman–Crippen MR) is 285 cm³/mol. The molecule has 0 radical (unpaired) electrons. The summed E-state index contributed by atoms with van der Waals surface area (Å²) in [4.78, 5) is 0. The zero-order valence-electron chi connectivity index (χ0n) is 47.3. The molecule has 12 heteroatoms. The van der Waals surface area contributed by atoms with E-state index in [0.717, 1.165) is 24.0 Å². The van der Waals surface area contributed by atoms with Gasteiger partial charge in [0.25, 0.3) is 0 Å². The largest absolute Gasteiger partial charge is 0.413 e. The van der Waals surface area contributed by atoms with Crippen LogP contribution < -0.4 is 0 Å². The van der Waals surface area contributed by atoms with Crippen LogP contribution in [-0.4, -0.2) is 105 Å². The molecule has 0 saturated carbocycles. The number of hydrogen-bond acceptors (Lipinski definition) is 8. The van der Waals surface area contributed by atoms with Crippen molar-refractivity contribution >= 4 is 33.3 Å². The van der Waals surface area contributed by atoms with Gasteiger partial charge >= 0.3 is 0 Å². The Bertz CT molecular complexity index is 1340. The quantitative estimate of drug-likeness (QED) is 0.0560. The summed E-state index contributed by atoms with van der Waals surface area (Å²) < 4.78 is 40.3. The van der Waals surface area contributed by atoms with Crippen molar-refractivity contribution in [2.75, 3.05) is 13.2 Å². The third kappa shape index (κ3) is 14.1. The van der Waals surface area contributed by atoms with Gasteiger partial charge in [-0.25, -0.2) is 0 Å². The highest BCUT2D eigenvalue weighted by molar-refractivity contribution is 6.78. The second-order valence-electron chi connectivity index (χ2n) is 25.1. The van der Waals surface area contributed by atoms with Gasteiger partial charge in [-0.3, -0.25) is 0 Å². The van der Waals surface area contributed by atoms with Crippen LogP contribution in [0.25, 0.3) is 0 Å². The first-order chi connectivity index (χ1) is 28.8. The van der Waals surface area contributed by atoms with E-state index in [1.165, 1.54) is 0 Å². The van der Waals surface area contributed by atoms with Crippen molar-refractivity contribution < 1.29 is 37.4 Å². The summed E-state index contributed by atoms with van der Waals surface area (Å²) in [5.74, 6) is 0. The van der Waals surface area contributed by atoms with Crippen LogP contribution in [-0.2, 0) is 27.2 Å². The highest BCUT2D eigenvalue weighted by Crippen LogP contribution is 2.51. The molecule has 0 aromatic carbocycles. The van der Waals surface area contributed by atoms with Gasteiger partial charge in [0.15, 0.2) is 33.3 Å². The zero-order valence-corrected chi connectivity index (χ0v) is 51.3. The van der Waals surface area contributed by atoms with E-state index in [1.54, 1.807) is 0 Å². The minimum absolute atomic E-state index is 0.0931. The molecule has 380 valence electrons. The number of allylic oxidation sites excluding steroid dienone is 2. The molecule has 64 heavy (non-hydrogen) atoms. The molecule has 2 aliphatic rings. The van der Waals surface area contributed by atoms with Crippen molar-refractivity contribution in [3.63, 3.8) is 0 Å². The topological polar surface area (TPSA) is 102 Å². The van der Waals surface area contributed by atoms with Crippen LogP contribution in [0.3, 0.4) is 0 Å². The zero-order chi connectivity index (χ0) is 50.6. The van der Waals surface area contributed by atoms with E-state index >= 15 is 0 Å². The van der Waals surface area contributed by atoms with Gasteiger partial charge in [0, 0.05) is 0 Å². The average molecular weight is 974 g/mol. The Kier molecular flexibility index (Phi) is 22.6. The van der Waals surface area contributed by atoms with Crippen molar-refractivity contribution in [3.05, 3.63) is 23.3 Å². The molecule has 0 aliphatic carbocycles. The fraction of sp³-hybridized carbons (Fsp3) is 0.923. The van der Waals surface area contributed by atoms with E-state index in [9.17, 15) is 10.2 Å². The summed E-state index contributed by atoms with van der Waals surface area (Å²) in [6, 6.07) is 0. The maximum Gasteiger partial charge on any atom is 0.200 e. The third-order valence-electron chi connectivity index (χ3n) is 16.4. The summed E-state index contributed by atoms with van der Waals surface area (Å²) in [7, 11) is -8.16. The van der Waals surface area contributed by atoms with Crippen LogP contribution in [0.2, 0.25) is 69.5 Å². The number of rotatable bonds is 24. The lowest BCUT2D eigenvalue weighted by atomic mass is 9.92. The summed E-state index contributed by atoms with van der Waals surface area (Å²) in [6.07, 6.45) is 4.06.